The molecule has 3 heteroatoms. The molecule has 19 heavy (non-hydrogen) atoms. The van der Waals surface area contributed by atoms with Crippen LogP contribution < -0.4 is 9.47 Å². The van der Waals surface area contributed by atoms with E-state index in [1.165, 1.54) is 0 Å². The van der Waals surface area contributed by atoms with Crippen LogP contribution in [0.15, 0.2) is 24.3 Å². The molecule has 0 heterocycles. The first-order chi connectivity index (χ1) is 9.24. The summed E-state index contributed by atoms with van der Waals surface area (Å²) in [5, 5.41) is 12.1. The fourth-order valence-electron chi connectivity index (χ4n) is 2.45. The Hall–Kier alpha value is -1.90. The molecule has 0 spiro atoms. The van der Waals surface area contributed by atoms with Gasteiger partial charge in [-0.2, -0.15) is 0 Å². The number of hydrogen-bond acceptors (Lipinski definition) is 3. The number of ether oxygens (including phenoxy) is 2. The lowest BCUT2D eigenvalue weighted by Crippen LogP contribution is -1.99. The highest BCUT2D eigenvalue weighted by atomic mass is 16.5. The van der Waals surface area contributed by atoms with Crippen LogP contribution in [0.2, 0.25) is 0 Å². The van der Waals surface area contributed by atoms with E-state index in [9.17, 15) is 5.11 Å². The van der Waals surface area contributed by atoms with E-state index >= 15 is 0 Å². The van der Waals surface area contributed by atoms with Crippen LogP contribution in [0.3, 0.4) is 0 Å². The van der Waals surface area contributed by atoms with Gasteiger partial charge in [0.15, 0.2) is 11.5 Å². The summed E-state index contributed by atoms with van der Waals surface area (Å²) in [6.45, 7) is 2.14. The Morgan fingerprint density at radius 1 is 1.00 bits per heavy atom. The van der Waals surface area contributed by atoms with Crippen molar-refractivity contribution in [1.82, 2.24) is 0 Å². The van der Waals surface area contributed by atoms with Gasteiger partial charge in [0.2, 0.25) is 0 Å². The zero-order chi connectivity index (χ0) is 13.8. The zero-order valence-corrected chi connectivity index (χ0v) is 11.7. The topological polar surface area (TPSA) is 38.7 Å². The molecule has 0 radical (unpaired) electrons. The van der Waals surface area contributed by atoms with Crippen LogP contribution in [-0.4, -0.2) is 19.3 Å². The molecule has 0 saturated heterocycles. The van der Waals surface area contributed by atoms with Gasteiger partial charge in [-0.25, -0.2) is 0 Å². The van der Waals surface area contributed by atoms with Gasteiger partial charge in [0.25, 0.3) is 0 Å². The molecule has 0 aliphatic carbocycles. The number of phenolic OH excluding ortho intramolecular Hbond substituents is 1. The van der Waals surface area contributed by atoms with Crippen molar-refractivity contribution >= 4 is 10.8 Å². The quantitative estimate of drug-likeness (QED) is 0.886. The van der Waals surface area contributed by atoms with Crippen LogP contribution in [0.5, 0.6) is 17.2 Å². The number of phenols is 1. The average Bonchev–Trinajstić information content (AvgIpc) is 2.45. The van der Waals surface area contributed by atoms with E-state index in [1.54, 1.807) is 14.2 Å². The SMILES string of the molecule is CCCCc1c(OC)c(O)c2ccccc2c1OC. The van der Waals surface area contributed by atoms with Gasteiger partial charge in [-0.3, -0.25) is 0 Å². The minimum Gasteiger partial charge on any atom is -0.504 e. The highest BCUT2D eigenvalue weighted by Gasteiger charge is 2.19. The number of methoxy groups -OCH3 is 2. The van der Waals surface area contributed by atoms with Gasteiger partial charge in [0.05, 0.1) is 14.2 Å². The van der Waals surface area contributed by atoms with Gasteiger partial charge in [0.1, 0.15) is 5.75 Å². The lowest BCUT2D eigenvalue weighted by molar-refractivity contribution is 0.361. The third-order valence-electron chi connectivity index (χ3n) is 3.38. The second-order valence-corrected chi connectivity index (χ2v) is 4.54. The molecule has 0 bridgehead atoms. The van der Waals surface area contributed by atoms with Gasteiger partial charge < -0.3 is 14.6 Å². The first-order valence-corrected chi connectivity index (χ1v) is 6.59. The van der Waals surface area contributed by atoms with Gasteiger partial charge in [-0.1, -0.05) is 37.6 Å². The predicted molar refractivity (Wildman–Crippen MR) is 77.3 cm³/mol. The lowest BCUT2D eigenvalue weighted by atomic mass is 9.99. The minimum absolute atomic E-state index is 0.199. The lowest BCUT2D eigenvalue weighted by Gasteiger charge is -2.17. The van der Waals surface area contributed by atoms with Gasteiger partial charge in [0, 0.05) is 16.3 Å². The molecule has 0 fully saturated rings. The molecule has 3 nitrogen and oxygen atoms in total. The van der Waals surface area contributed by atoms with Crippen molar-refractivity contribution in [3.8, 4) is 17.2 Å². The van der Waals surface area contributed by atoms with E-state index in [0.29, 0.717) is 5.75 Å². The fraction of sp³-hybridized carbons (Fsp3) is 0.375. The van der Waals surface area contributed by atoms with Gasteiger partial charge in [-0.15, -0.1) is 0 Å². The van der Waals surface area contributed by atoms with Crippen molar-refractivity contribution in [1.29, 1.82) is 0 Å². The monoisotopic (exact) mass is 260 g/mol. The van der Waals surface area contributed by atoms with Crippen LogP contribution in [0.25, 0.3) is 10.8 Å². The summed E-state index contributed by atoms with van der Waals surface area (Å²) in [5.74, 6) is 1.53. The summed E-state index contributed by atoms with van der Waals surface area (Å²) in [6, 6.07) is 7.68. The zero-order valence-electron chi connectivity index (χ0n) is 11.7. The van der Waals surface area contributed by atoms with Crippen LogP contribution >= 0.6 is 0 Å². The van der Waals surface area contributed by atoms with E-state index < -0.39 is 0 Å². The van der Waals surface area contributed by atoms with Gasteiger partial charge in [-0.05, 0) is 12.8 Å². The third kappa shape index (κ3) is 2.33. The predicted octanol–water partition coefficient (Wildman–Crippen LogP) is 3.91. The standard InChI is InChI=1S/C16H20O3/c1-4-5-8-13-15(18-2)12-10-7-6-9-11(12)14(17)16(13)19-3/h6-7,9-10,17H,4-5,8H2,1-3H3. The smallest absolute Gasteiger partial charge is 0.168 e. The first-order valence-electron chi connectivity index (χ1n) is 6.59. The molecule has 2 aromatic carbocycles. The van der Waals surface area contributed by atoms with Crippen molar-refractivity contribution in [3.05, 3.63) is 29.8 Å². The molecular weight excluding hydrogens is 240 g/mol. The fourth-order valence-corrected chi connectivity index (χ4v) is 2.45. The molecule has 102 valence electrons. The molecule has 0 aromatic heterocycles. The Morgan fingerprint density at radius 2 is 1.63 bits per heavy atom. The van der Waals surface area contributed by atoms with Crippen molar-refractivity contribution in [2.24, 2.45) is 0 Å². The van der Waals surface area contributed by atoms with Crippen LogP contribution in [0, 0.1) is 0 Å². The normalized spacial score (nSPS) is 10.7. The Bertz CT molecular complexity index is 576. The number of hydrogen-bond donors (Lipinski definition) is 1. The molecule has 0 atom stereocenters. The molecule has 0 amide bonds. The van der Waals surface area contributed by atoms with Crippen LogP contribution in [0.4, 0.5) is 0 Å². The number of benzene rings is 2. The van der Waals surface area contributed by atoms with Crippen molar-refractivity contribution < 1.29 is 14.6 Å². The molecule has 1 N–H and O–H groups in total. The number of aromatic hydroxyl groups is 1. The minimum atomic E-state index is 0.199. The first kappa shape index (κ1) is 13.5. The Labute approximate surface area is 113 Å². The number of fused-ring (bicyclic) bond motifs is 1. The van der Waals surface area contributed by atoms with Crippen molar-refractivity contribution in [2.75, 3.05) is 14.2 Å². The van der Waals surface area contributed by atoms with E-state index in [1.807, 2.05) is 24.3 Å². The van der Waals surface area contributed by atoms with E-state index in [2.05, 4.69) is 6.92 Å². The summed E-state index contributed by atoms with van der Waals surface area (Å²) < 4.78 is 11.0. The molecule has 2 rings (SSSR count). The number of rotatable bonds is 5. The molecule has 0 unspecified atom stereocenters. The summed E-state index contributed by atoms with van der Waals surface area (Å²) in [7, 11) is 3.24. The van der Waals surface area contributed by atoms with Crippen molar-refractivity contribution in [3.63, 3.8) is 0 Å². The summed E-state index contributed by atoms with van der Waals surface area (Å²) in [6.07, 6.45) is 2.95. The maximum absolute atomic E-state index is 10.4. The second-order valence-electron chi connectivity index (χ2n) is 4.54. The highest BCUT2D eigenvalue weighted by Crippen LogP contribution is 2.45. The molecular formula is C16H20O3. The molecule has 0 aliphatic rings. The summed E-state index contributed by atoms with van der Waals surface area (Å²) in [5.41, 5.74) is 0.947. The summed E-state index contributed by atoms with van der Waals surface area (Å²) in [4.78, 5) is 0. The van der Waals surface area contributed by atoms with Crippen molar-refractivity contribution in [2.45, 2.75) is 26.2 Å². The van der Waals surface area contributed by atoms with Crippen LogP contribution in [0.1, 0.15) is 25.3 Å². The molecule has 0 aliphatic heterocycles. The third-order valence-corrected chi connectivity index (χ3v) is 3.38. The Kier molecular flexibility index (Phi) is 4.15. The number of unbranched alkanes of at least 4 members (excludes halogenated alkanes) is 1. The van der Waals surface area contributed by atoms with Crippen LogP contribution in [-0.2, 0) is 6.42 Å². The van der Waals surface area contributed by atoms with E-state index in [0.717, 1.165) is 41.3 Å². The summed E-state index contributed by atoms with van der Waals surface area (Å²) >= 11 is 0. The maximum atomic E-state index is 10.4. The van der Waals surface area contributed by atoms with E-state index in [4.69, 9.17) is 9.47 Å². The van der Waals surface area contributed by atoms with Gasteiger partial charge >= 0.3 is 0 Å². The molecule has 2 aromatic rings. The second kappa shape index (κ2) is 5.83. The largest absolute Gasteiger partial charge is 0.504 e. The average molecular weight is 260 g/mol. The van der Waals surface area contributed by atoms with E-state index in [-0.39, 0.29) is 5.75 Å². The Morgan fingerprint density at radius 3 is 2.21 bits per heavy atom. The molecule has 0 saturated carbocycles. The Balaban J connectivity index is 2.75. The highest BCUT2D eigenvalue weighted by molar-refractivity contribution is 5.97. The maximum Gasteiger partial charge on any atom is 0.168 e.